The molecule has 2 aromatic rings. The van der Waals surface area contributed by atoms with Gasteiger partial charge in [-0.25, -0.2) is 13.2 Å². The number of alkyl halides is 6. The van der Waals surface area contributed by atoms with Gasteiger partial charge < -0.3 is 9.47 Å². The number of halogens is 6. The second-order valence-corrected chi connectivity index (χ2v) is 14.1. The predicted molar refractivity (Wildman–Crippen MR) is 153 cm³/mol. The minimum absolute atomic E-state index is 0.00432. The number of hydrogen-bond acceptors (Lipinski definition) is 5. The van der Waals surface area contributed by atoms with Crippen molar-refractivity contribution in [3.05, 3.63) is 64.2 Å². The third-order valence-electron chi connectivity index (χ3n) is 8.23. The SMILES string of the molecule is COc1ccc(N(C)S(C)(=O)=O)cc1C1=C(CN2C(=O)O[C@H](c3cc(C(F)(F)F)cc(C(F)(F)F)c3)[C@@H]2C)CC(C)(C)CC1. The highest BCUT2D eigenvalue weighted by atomic mass is 32.2. The van der Waals surface area contributed by atoms with Crippen LogP contribution in [0.15, 0.2) is 42.0 Å². The molecule has 2 aliphatic rings. The molecule has 0 N–H and O–H groups in total. The first-order chi connectivity index (χ1) is 20.1. The number of rotatable bonds is 7. The van der Waals surface area contributed by atoms with Gasteiger partial charge in [0.15, 0.2) is 0 Å². The zero-order valence-corrected chi connectivity index (χ0v) is 25.9. The Morgan fingerprint density at radius 1 is 1.05 bits per heavy atom. The Morgan fingerprint density at radius 3 is 2.16 bits per heavy atom. The second-order valence-electron chi connectivity index (χ2n) is 12.1. The van der Waals surface area contributed by atoms with Gasteiger partial charge in [0, 0.05) is 19.2 Å². The second kappa shape index (κ2) is 11.5. The Labute approximate surface area is 252 Å². The summed E-state index contributed by atoms with van der Waals surface area (Å²) in [5, 5.41) is 0. The Bertz CT molecular complexity index is 1550. The van der Waals surface area contributed by atoms with Crippen LogP contribution in [-0.4, -0.2) is 52.4 Å². The molecule has 7 nitrogen and oxygen atoms in total. The number of benzene rings is 2. The van der Waals surface area contributed by atoms with Crippen molar-refractivity contribution in [1.29, 1.82) is 0 Å². The van der Waals surface area contributed by atoms with Crippen LogP contribution in [0.2, 0.25) is 0 Å². The standard InChI is InChI=1S/C30H34F6N2O5S/c1-17-26(18-11-20(29(31,32)33)13-21(12-18)30(34,35)36)43-27(39)38(17)16-19-15-28(2,3)10-9-23(19)24-14-22(7-8-25(24)42-5)37(4)44(6,40)41/h7-8,11-14,17,26H,9-10,15-16H2,1-6H3/t17-,26-/m0/s1. The number of hydrogen-bond donors (Lipinski definition) is 0. The smallest absolute Gasteiger partial charge is 0.416 e. The largest absolute Gasteiger partial charge is 0.496 e. The van der Waals surface area contributed by atoms with Crippen LogP contribution >= 0.6 is 0 Å². The van der Waals surface area contributed by atoms with Gasteiger partial charge in [0.05, 0.1) is 36.2 Å². The number of cyclic esters (lactones) is 1. The van der Waals surface area contributed by atoms with Gasteiger partial charge >= 0.3 is 18.4 Å². The fourth-order valence-electron chi connectivity index (χ4n) is 5.72. The van der Waals surface area contributed by atoms with Gasteiger partial charge in [-0.05, 0) is 84.7 Å². The van der Waals surface area contributed by atoms with E-state index in [0.29, 0.717) is 42.0 Å². The molecule has 0 radical (unpaired) electrons. The van der Waals surface area contributed by atoms with Gasteiger partial charge in [-0.1, -0.05) is 13.8 Å². The molecule has 1 aliphatic carbocycles. The quantitative estimate of drug-likeness (QED) is 0.288. The molecule has 0 bridgehead atoms. The number of carbonyl (C=O) groups is 1. The van der Waals surface area contributed by atoms with Gasteiger partial charge in [-0.15, -0.1) is 0 Å². The van der Waals surface area contributed by atoms with E-state index in [9.17, 15) is 39.6 Å². The van der Waals surface area contributed by atoms with Crippen LogP contribution in [-0.2, 0) is 27.1 Å². The minimum Gasteiger partial charge on any atom is -0.496 e. The Balaban J connectivity index is 1.77. The van der Waals surface area contributed by atoms with E-state index in [1.165, 1.54) is 26.0 Å². The first-order valence-electron chi connectivity index (χ1n) is 13.7. The summed E-state index contributed by atoms with van der Waals surface area (Å²) in [6, 6.07) is 5.22. The van der Waals surface area contributed by atoms with Gasteiger partial charge in [-0.2, -0.15) is 26.3 Å². The van der Waals surface area contributed by atoms with Crippen molar-refractivity contribution >= 4 is 27.4 Å². The number of amides is 1. The van der Waals surface area contributed by atoms with Crippen LogP contribution in [0.1, 0.15) is 68.4 Å². The van der Waals surface area contributed by atoms with Crippen LogP contribution in [0.4, 0.5) is 36.8 Å². The molecule has 0 aromatic heterocycles. The van der Waals surface area contributed by atoms with Crippen molar-refractivity contribution < 1.29 is 49.0 Å². The first kappa shape index (κ1) is 33.5. The van der Waals surface area contributed by atoms with Crippen molar-refractivity contribution in [3.63, 3.8) is 0 Å². The highest BCUT2D eigenvalue weighted by Crippen LogP contribution is 2.47. The van der Waals surface area contributed by atoms with Crippen molar-refractivity contribution in [2.45, 2.75) is 64.5 Å². The molecule has 1 saturated heterocycles. The number of allylic oxidation sites excluding steroid dienone is 1. The average molecular weight is 649 g/mol. The number of nitrogens with zero attached hydrogens (tertiary/aromatic N) is 2. The minimum atomic E-state index is -5.05. The van der Waals surface area contributed by atoms with Gasteiger partial charge in [0.25, 0.3) is 0 Å². The van der Waals surface area contributed by atoms with Gasteiger partial charge in [0.1, 0.15) is 11.9 Å². The lowest BCUT2D eigenvalue weighted by Crippen LogP contribution is -2.35. The first-order valence-corrected chi connectivity index (χ1v) is 15.6. The van der Waals surface area contributed by atoms with E-state index < -0.39 is 57.3 Å². The zero-order chi connectivity index (χ0) is 33.0. The Kier molecular flexibility index (Phi) is 8.75. The maximum atomic E-state index is 13.5. The van der Waals surface area contributed by atoms with Gasteiger partial charge in [0.2, 0.25) is 10.0 Å². The van der Waals surface area contributed by atoms with E-state index in [0.717, 1.165) is 28.1 Å². The summed E-state index contributed by atoms with van der Waals surface area (Å²) in [7, 11) is -0.690. The molecular formula is C30H34F6N2O5S. The van der Waals surface area contributed by atoms with Crippen LogP contribution in [0.3, 0.4) is 0 Å². The predicted octanol–water partition coefficient (Wildman–Crippen LogP) is 7.67. The van der Waals surface area contributed by atoms with E-state index >= 15 is 0 Å². The summed E-state index contributed by atoms with van der Waals surface area (Å²) in [6.07, 6.45) is -9.46. The number of carbonyl (C=O) groups excluding carboxylic acids is 1. The summed E-state index contributed by atoms with van der Waals surface area (Å²) in [5.41, 5.74) is -0.971. The topological polar surface area (TPSA) is 76.2 Å². The number of anilines is 1. The number of sulfonamides is 1. The molecule has 1 fully saturated rings. The summed E-state index contributed by atoms with van der Waals surface area (Å²) < 4.78 is 118. The molecule has 2 aromatic carbocycles. The van der Waals surface area contributed by atoms with Crippen molar-refractivity contribution in [2.24, 2.45) is 5.41 Å². The van der Waals surface area contributed by atoms with Crippen molar-refractivity contribution in [3.8, 4) is 5.75 Å². The van der Waals surface area contributed by atoms with Gasteiger partial charge in [-0.3, -0.25) is 9.21 Å². The van der Waals surface area contributed by atoms with Crippen LogP contribution in [0.5, 0.6) is 5.75 Å². The van der Waals surface area contributed by atoms with E-state index in [1.807, 2.05) is 13.8 Å². The van der Waals surface area contributed by atoms with E-state index in [4.69, 9.17) is 9.47 Å². The highest BCUT2D eigenvalue weighted by Gasteiger charge is 2.44. The molecule has 44 heavy (non-hydrogen) atoms. The monoisotopic (exact) mass is 648 g/mol. The lowest BCUT2D eigenvalue weighted by atomic mass is 9.72. The Morgan fingerprint density at radius 2 is 1.64 bits per heavy atom. The molecule has 1 heterocycles. The molecule has 2 atom stereocenters. The van der Waals surface area contributed by atoms with E-state index in [-0.39, 0.29) is 18.0 Å². The maximum absolute atomic E-state index is 13.5. The summed E-state index contributed by atoms with van der Waals surface area (Å²) >= 11 is 0. The molecule has 1 aliphatic heterocycles. The van der Waals surface area contributed by atoms with Crippen LogP contribution in [0.25, 0.3) is 5.57 Å². The van der Waals surface area contributed by atoms with E-state index in [1.54, 1.807) is 18.2 Å². The summed E-state index contributed by atoms with van der Waals surface area (Å²) in [4.78, 5) is 14.4. The third kappa shape index (κ3) is 6.94. The fourth-order valence-corrected chi connectivity index (χ4v) is 6.21. The number of methoxy groups -OCH3 is 1. The maximum Gasteiger partial charge on any atom is 0.416 e. The lowest BCUT2D eigenvalue weighted by Gasteiger charge is -2.36. The summed E-state index contributed by atoms with van der Waals surface area (Å²) in [6.45, 7) is 5.60. The van der Waals surface area contributed by atoms with E-state index in [2.05, 4.69) is 0 Å². The molecule has 242 valence electrons. The number of ether oxygens (including phenoxy) is 2. The lowest BCUT2D eigenvalue weighted by molar-refractivity contribution is -0.143. The highest BCUT2D eigenvalue weighted by molar-refractivity contribution is 7.92. The summed E-state index contributed by atoms with van der Waals surface area (Å²) in [5.74, 6) is 0.474. The Hall–Kier alpha value is -3.42. The normalized spacial score (nSPS) is 21.0. The van der Waals surface area contributed by atoms with Crippen LogP contribution in [0, 0.1) is 5.41 Å². The molecule has 1 amide bonds. The van der Waals surface area contributed by atoms with Crippen LogP contribution < -0.4 is 9.04 Å². The molecular weight excluding hydrogens is 614 g/mol. The molecule has 0 saturated carbocycles. The molecule has 4 rings (SSSR count). The third-order valence-corrected chi connectivity index (χ3v) is 9.44. The zero-order valence-electron chi connectivity index (χ0n) is 25.1. The van der Waals surface area contributed by atoms with Crippen molar-refractivity contribution in [1.82, 2.24) is 4.90 Å². The average Bonchev–Trinajstić information content (AvgIpc) is 3.18. The molecule has 0 unspecified atom stereocenters. The molecule has 14 heteroatoms. The van der Waals surface area contributed by atoms with Crippen molar-refractivity contribution in [2.75, 3.05) is 31.3 Å². The molecule has 0 spiro atoms. The fraction of sp³-hybridized carbons (Fsp3) is 0.500.